The zero-order valence-corrected chi connectivity index (χ0v) is 14.2. The summed E-state index contributed by atoms with van der Waals surface area (Å²) in [6.45, 7) is 3.30. The average Bonchev–Trinajstić information content (AvgIpc) is 3.10. The Hall–Kier alpha value is -2.45. The van der Waals surface area contributed by atoms with Crippen molar-refractivity contribution in [2.45, 2.75) is 31.6 Å². The zero-order valence-electron chi connectivity index (χ0n) is 13.4. The van der Waals surface area contributed by atoms with Gasteiger partial charge in [-0.2, -0.15) is 4.98 Å². The maximum atomic E-state index is 11.7. The highest BCUT2D eigenvalue weighted by atomic mass is 32.2. The molecule has 7 nitrogen and oxygen atoms in total. The number of aryl methyl sites for hydroxylation is 3. The first-order valence-corrected chi connectivity index (χ1v) is 8.99. The minimum absolute atomic E-state index is 0.0709. The molecule has 24 heavy (non-hydrogen) atoms. The number of primary sulfonamides is 1. The monoisotopic (exact) mass is 346 g/mol. The molecule has 2 aromatic heterocycles. The van der Waals surface area contributed by atoms with E-state index in [1.165, 1.54) is 5.56 Å². The summed E-state index contributed by atoms with van der Waals surface area (Å²) in [5.41, 5.74) is 2.60. The van der Waals surface area contributed by atoms with Crippen LogP contribution in [0.1, 0.15) is 22.6 Å². The van der Waals surface area contributed by atoms with Gasteiger partial charge in [0.25, 0.3) is 5.89 Å². The first-order valence-electron chi connectivity index (χ1n) is 7.45. The molecule has 0 fully saturated rings. The number of rotatable bonds is 5. The van der Waals surface area contributed by atoms with Gasteiger partial charge in [-0.05, 0) is 31.4 Å². The molecule has 8 heteroatoms. The molecule has 0 saturated heterocycles. The van der Waals surface area contributed by atoms with Crippen molar-refractivity contribution in [3.05, 3.63) is 53.0 Å². The van der Waals surface area contributed by atoms with Crippen LogP contribution >= 0.6 is 0 Å². The van der Waals surface area contributed by atoms with Crippen molar-refractivity contribution in [2.75, 3.05) is 0 Å². The number of H-pyrrole nitrogens is 1. The molecule has 0 spiro atoms. The standard InChI is InChI=1S/C16H18N4O3S/c1-10-14(18-11(2)15(10)24(17,21)22)16-19-13(20-23-16)9-8-12-6-4-3-5-7-12/h3-7,18H,8-9H2,1-2H3,(H2,17,21,22). The summed E-state index contributed by atoms with van der Waals surface area (Å²) >= 11 is 0. The number of nitrogens with zero attached hydrogens (tertiary/aromatic N) is 2. The Morgan fingerprint density at radius 2 is 1.88 bits per heavy atom. The molecule has 0 aliphatic heterocycles. The normalized spacial score (nSPS) is 11.8. The van der Waals surface area contributed by atoms with Crippen molar-refractivity contribution in [3.8, 4) is 11.6 Å². The molecule has 0 atom stereocenters. The second-order valence-corrected chi connectivity index (χ2v) is 7.12. The van der Waals surface area contributed by atoms with E-state index >= 15 is 0 Å². The molecule has 0 unspecified atom stereocenters. The highest BCUT2D eigenvalue weighted by molar-refractivity contribution is 7.89. The number of benzene rings is 1. The van der Waals surface area contributed by atoms with Crippen LogP contribution in [-0.2, 0) is 22.9 Å². The Kier molecular flexibility index (Phi) is 4.25. The lowest BCUT2D eigenvalue weighted by molar-refractivity contribution is 0.421. The van der Waals surface area contributed by atoms with Crippen LogP contribution in [0.25, 0.3) is 11.6 Å². The Balaban J connectivity index is 1.84. The van der Waals surface area contributed by atoms with E-state index in [0.717, 1.165) is 6.42 Å². The summed E-state index contributed by atoms with van der Waals surface area (Å²) in [6, 6.07) is 10.0. The topological polar surface area (TPSA) is 115 Å². The van der Waals surface area contributed by atoms with Crippen molar-refractivity contribution in [2.24, 2.45) is 5.14 Å². The number of aromatic nitrogens is 3. The number of nitrogens with one attached hydrogen (secondary N) is 1. The largest absolute Gasteiger partial charge is 0.353 e. The van der Waals surface area contributed by atoms with Gasteiger partial charge in [0, 0.05) is 12.1 Å². The fraction of sp³-hybridized carbons (Fsp3) is 0.250. The molecular weight excluding hydrogens is 328 g/mol. The lowest BCUT2D eigenvalue weighted by Gasteiger charge is -1.97. The summed E-state index contributed by atoms with van der Waals surface area (Å²) in [5, 5.41) is 9.22. The van der Waals surface area contributed by atoms with E-state index in [-0.39, 0.29) is 10.8 Å². The third-order valence-electron chi connectivity index (χ3n) is 3.82. The van der Waals surface area contributed by atoms with Crippen LogP contribution in [0, 0.1) is 13.8 Å². The van der Waals surface area contributed by atoms with Crippen LogP contribution in [0.3, 0.4) is 0 Å². The molecule has 0 aliphatic carbocycles. The van der Waals surface area contributed by atoms with Crippen LogP contribution in [-0.4, -0.2) is 23.5 Å². The molecule has 1 aromatic carbocycles. The lowest BCUT2D eigenvalue weighted by Crippen LogP contribution is -2.13. The van der Waals surface area contributed by atoms with E-state index in [1.807, 2.05) is 30.3 Å². The first kappa shape index (κ1) is 16.4. The molecule has 3 aromatic rings. The van der Waals surface area contributed by atoms with Crippen LogP contribution < -0.4 is 5.14 Å². The molecule has 2 heterocycles. The van der Waals surface area contributed by atoms with E-state index < -0.39 is 10.0 Å². The first-order chi connectivity index (χ1) is 11.4. The van der Waals surface area contributed by atoms with E-state index in [2.05, 4.69) is 15.1 Å². The minimum Gasteiger partial charge on any atom is -0.353 e. The minimum atomic E-state index is -3.81. The second-order valence-electron chi connectivity index (χ2n) is 5.63. The van der Waals surface area contributed by atoms with E-state index in [4.69, 9.17) is 9.66 Å². The van der Waals surface area contributed by atoms with Gasteiger partial charge in [-0.3, -0.25) is 0 Å². The maximum Gasteiger partial charge on any atom is 0.274 e. The van der Waals surface area contributed by atoms with Crippen molar-refractivity contribution in [3.63, 3.8) is 0 Å². The van der Waals surface area contributed by atoms with Gasteiger partial charge in [0.2, 0.25) is 10.0 Å². The molecule has 0 amide bonds. The summed E-state index contributed by atoms with van der Waals surface area (Å²) < 4.78 is 28.6. The van der Waals surface area contributed by atoms with Crippen molar-refractivity contribution in [1.82, 2.24) is 15.1 Å². The summed E-state index contributed by atoms with van der Waals surface area (Å²) in [4.78, 5) is 7.39. The van der Waals surface area contributed by atoms with Gasteiger partial charge in [0.05, 0.1) is 0 Å². The van der Waals surface area contributed by atoms with Gasteiger partial charge in [-0.15, -0.1) is 0 Å². The SMILES string of the molecule is Cc1[nH]c(-c2nc(CCc3ccccc3)no2)c(C)c1S(N)(=O)=O. The predicted molar refractivity (Wildman–Crippen MR) is 88.8 cm³/mol. The Morgan fingerprint density at radius 1 is 1.17 bits per heavy atom. The predicted octanol–water partition coefficient (Wildman–Crippen LogP) is 2.11. The van der Waals surface area contributed by atoms with E-state index in [0.29, 0.717) is 29.2 Å². The summed E-state index contributed by atoms with van der Waals surface area (Å²) in [5.74, 6) is 0.825. The summed E-state index contributed by atoms with van der Waals surface area (Å²) in [6.07, 6.45) is 1.43. The van der Waals surface area contributed by atoms with Gasteiger partial charge in [-0.1, -0.05) is 35.5 Å². The van der Waals surface area contributed by atoms with E-state index in [1.54, 1.807) is 13.8 Å². The average molecular weight is 346 g/mol. The number of nitrogens with two attached hydrogens (primary N) is 1. The zero-order chi connectivity index (χ0) is 17.3. The molecule has 0 saturated carbocycles. The Bertz CT molecular complexity index is 959. The lowest BCUT2D eigenvalue weighted by atomic mass is 10.1. The van der Waals surface area contributed by atoms with Crippen molar-refractivity contribution in [1.29, 1.82) is 0 Å². The molecule has 0 bridgehead atoms. The number of sulfonamides is 1. The quantitative estimate of drug-likeness (QED) is 0.734. The van der Waals surface area contributed by atoms with Crippen LogP contribution in [0.15, 0.2) is 39.8 Å². The highest BCUT2D eigenvalue weighted by Crippen LogP contribution is 2.28. The maximum absolute atomic E-state index is 11.7. The molecule has 3 N–H and O–H groups in total. The van der Waals surface area contributed by atoms with Gasteiger partial charge < -0.3 is 9.51 Å². The van der Waals surface area contributed by atoms with Crippen LogP contribution in [0.5, 0.6) is 0 Å². The van der Waals surface area contributed by atoms with Gasteiger partial charge in [-0.25, -0.2) is 13.6 Å². The molecule has 0 radical (unpaired) electrons. The number of hydrogen-bond acceptors (Lipinski definition) is 5. The fourth-order valence-electron chi connectivity index (χ4n) is 2.73. The summed E-state index contributed by atoms with van der Waals surface area (Å²) in [7, 11) is -3.81. The molecular formula is C16H18N4O3S. The highest BCUT2D eigenvalue weighted by Gasteiger charge is 2.24. The Morgan fingerprint density at radius 3 is 2.50 bits per heavy atom. The van der Waals surface area contributed by atoms with Crippen LogP contribution in [0.2, 0.25) is 0 Å². The van der Waals surface area contributed by atoms with Gasteiger partial charge in [0.1, 0.15) is 10.6 Å². The molecule has 126 valence electrons. The smallest absolute Gasteiger partial charge is 0.274 e. The molecule has 3 rings (SSSR count). The van der Waals surface area contributed by atoms with Gasteiger partial charge in [0.15, 0.2) is 5.82 Å². The third-order valence-corrected chi connectivity index (χ3v) is 5.00. The third kappa shape index (κ3) is 3.24. The number of hydrogen-bond donors (Lipinski definition) is 2. The van der Waals surface area contributed by atoms with Crippen LogP contribution in [0.4, 0.5) is 0 Å². The Labute approximate surface area is 140 Å². The van der Waals surface area contributed by atoms with Crippen molar-refractivity contribution >= 4 is 10.0 Å². The van der Waals surface area contributed by atoms with E-state index in [9.17, 15) is 8.42 Å². The number of aromatic amines is 1. The van der Waals surface area contributed by atoms with Crippen molar-refractivity contribution < 1.29 is 12.9 Å². The molecule has 0 aliphatic rings. The van der Waals surface area contributed by atoms with Gasteiger partial charge >= 0.3 is 0 Å². The fourth-order valence-corrected chi connectivity index (χ4v) is 3.74. The second kappa shape index (κ2) is 6.21.